The monoisotopic (exact) mass is 272 g/mol. The Labute approximate surface area is 96.6 Å². The molecular formula is C9H11F3O4S. The van der Waals surface area contributed by atoms with Gasteiger partial charge in [0.2, 0.25) is 0 Å². The van der Waals surface area contributed by atoms with Crippen LogP contribution in [0.5, 0.6) is 0 Å². The molecule has 0 aromatic heterocycles. The van der Waals surface area contributed by atoms with Gasteiger partial charge in [0.25, 0.3) is 0 Å². The standard InChI is InChI=1S/C9H11F3O4S/c10-9(11,12)17(14,15)16-6-7-4-2-1-3-5-8(7)13/h6H,1-5H2/b7-6-. The van der Waals surface area contributed by atoms with Crippen molar-refractivity contribution in [3.05, 3.63) is 11.8 Å². The van der Waals surface area contributed by atoms with Crippen LogP contribution in [0.4, 0.5) is 13.2 Å². The van der Waals surface area contributed by atoms with Crippen molar-refractivity contribution in [2.45, 2.75) is 37.6 Å². The maximum atomic E-state index is 11.9. The average Bonchev–Trinajstić information content (AvgIpc) is 2.38. The Balaban J connectivity index is 2.80. The van der Waals surface area contributed by atoms with Gasteiger partial charge in [0, 0.05) is 12.0 Å². The Kier molecular flexibility index (Phi) is 4.18. The SMILES string of the molecule is O=C1CCCCC/C1=C/OS(=O)(=O)C(F)(F)F. The Morgan fingerprint density at radius 1 is 1.12 bits per heavy atom. The molecule has 0 aromatic carbocycles. The average molecular weight is 272 g/mol. The second-order valence-corrected chi connectivity index (χ2v) is 5.19. The lowest BCUT2D eigenvalue weighted by molar-refractivity contribution is -0.115. The summed E-state index contributed by atoms with van der Waals surface area (Å²) < 4.78 is 60.7. The summed E-state index contributed by atoms with van der Waals surface area (Å²) in [6, 6.07) is 0. The minimum Gasteiger partial charge on any atom is -0.384 e. The fourth-order valence-corrected chi connectivity index (χ4v) is 1.73. The molecule has 98 valence electrons. The molecule has 1 saturated carbocycles. The van der Waals surface area contributed by atoms with E-state index in [2.05, 4.69) is 4.18 Å². The largest absolute Gasteiger partial charge is 0.534 e. The van der Waals surface area contributed by atoms with Crippen molar-refractivity contribution < 1.29 is 30.6 Å². The summed E-state index contributed by atoms with van der Waals surface area (Å²) in [5.74, 6) is -0.361. The van der Waals surface area contributed by atoms with Crippen LogP contribution in [0.25, 0.3) is 0 Å². The van der Waals surface area contributed by atoms with Gasteiger partial charge in [0.1, 0.15) is 6.26 Å². The van der Waals surface area contributed by atoms with Crippen molar-refractivity contribution in [2.24, 2.45) is 0 Å². The van der Waals surface area contributed by atoms with Gasteiger partial charge in [-0.25, -0.2) is 0 Å². The van der Waals surface area contributed by atoms with Crippen LogP contribution >= 0.6 is 0 Å². The molecule has 0 bridgehead atoms. The van der Waals surface area contributed by atoms with E-state index in [0.717, 1.165) is 6.42 Å². The van der Waals surface area contributed by atoms with Crippen LogP contribution in [0, 0.1) is 0 Å². The Morgan fingerprint density at radius 3 is 2.29 bits per heavy atom. The zero-order chi connectivity index (χ0) is 13.1. The smallest absolute Gasteiger partial charge is 0.384 e. The van der Waals surface area contributed by atoms with Crippen LogP contribution in [0.2, 0.25) is 0 Å². The van der Waals surface area contributed by atoms with E-state index in [-0.39, 0.29) is 24.2 Å². The maximum Gasteiger partial charge on any atom is 0.534 e. The molecule has 0 unspecified atom stereocenters. The lowest BCUT2D eigenvalue weighted by Gasteiger charge is -2.07. The highest BCUT2D eigenvalue weighted by Gasteiger charge is 2.48. The quantitative estimate of drug-likeness (QED) is 0.254. The first-order valence-corrected chi connectivity index (χ1v) is 6.36. The van der Waals surface area contributed by atoms with Gasteiger partial charge in [-0.15, -0.1) is 0 Å². The van der Waals surface area contributed by atoms with Crippen molar-refractivity contribution in [1.82, 2.24) is 0 Å². The molecule has 1 aliphatic carbocycles. The number of Topliss-reactive ketones (excluding diaryl/α,β-unsaturated/α-hetero) is 1. The zero-order valence-electron chi connectivity index (χ0n) is 8.79. The van der Waals surface area contributed by atoms with Crippen molar-refractivity contribution in [3.8, 4) is 0 Å². The summed E-state index contributed by atoms with van der Waals surface area (Å²) in [6.45, 7) is 0. The van der Waals surface area contributed by atoms with Crippen molar-refractivity contribution in [3.63, 3.8) is 0 Å². The van der Waals surface area contributed by atoms with Gasteiger partial charge in [-0.2, -0.15) is 21.6 Å². The molecular weight excluding hydrogens is 261 g/mol. The third-order valence-corrected chi connectivity index (χ3v) is 3.23. The third kappa shape index (κ3) is 3.72. The van der Waals surface area contributed by atoms with E-state index in [1.54, 1.807) is 0 Å². The molecule has 0 amide bonds. The lowest BCUT2D eigenvalue weighted by Crippen LogP contribution is -2.24. The molecule has 0 aromatic rings. The van der Waals surface area contributed by atoms with Crippen LogP contribution < -0.4 is 0 Å². The fourth-order valence-electron chi connectivity index (χ4n) is 1.38. The summed E-state index contributed by atoms with van der Waals surface area (Å²) in [4.78, 5) is 11.4. The van der Waals surface area contributed by atoms with E-state index < -0.39 is 15.6 Å². The molecule has 1 rings (SSSR count). The Hall–Kier alpha value is -1.05. The minimum atomic E-state index is -5.66. The zero-order valence-corrected chi connectivity index (χ0v) is 9.60. The second-order valence-electron chi connectivity index (χ2n) is 3.62. The summed E-state index contributed by atoms with van der Waals surface area (Å²) in [5, 5.41) is 0. The van der Waals surface area contributed by atoms with E-state index in [9.17, 15) is 26.4 Å². The lowest BCUT2D eigenvalue weighted by atomic mass is 10.1. The number of halogens is 3. The molecule has 17 heavy (non-hydrogen) atoms. The normalized spacial score (nSPS) is 21.4. The summed E-state index contributed by atoms with van der Waals surface area (Å²) in [5.41, 5.74) is -5.48. The fraction of sp³-hybridized carbons (Fsp3) is 0.667. The predicted octanol–water partition coefficient (Wildman–Crippen LogP) is 2.27. The van der Waals surface area contributed by atoms with E-state index in [4.69, 9.17) is 0 Å². The Bertz CT molecular complexity index is 422. The molecule has 4 nitrogen and oxygen atoms in total. The first kappa shape index (κ1) is 14.0. The van der Waals surface area contributed by atoms with Crippen molar-refractivity contribution in [2.75, 3.05) is 0 Å². The molecule has 0 saturated heterocycles. The number of hydrogen-bond acceptors (Lipinski definition) is 4. The highest BCUT2D eigenvalue weighted by molar-refractivity contribution is 7.87. The molecule has 8 heteroatoms. The van der Waals surface area contributed by atoms with E-state index in [1.165, 1.54) is 0 Å². The number of allylic oxidation sites excluding steroid dienone is 1. The molecule has 0 atom stereocenters. The van der Waals surface area contributed by atoms with E-state index in [1.807, 2.05) is 0 Å². The first-order chi connectivity index (χ1) is 7.74. The van der Waals surface area contributed by atoms with E-state index in [0.29, 0.717) is 19.1 Å². The van der Waals surface area contributed by atoms with Crippen LogP contribution in [-0.4, -0.2) is 19.7 Å². The summed E-state index contributed by atoms with van der Waals surface area (Å²) in [6.07, 6.45) is 2.94. The highest BCUT2D eigenvalue weighted by Crippen LogP contribution is 2.26. The second kappa shape index (κ2) is 5.07. The molecule has 1 aliphatic rings. The highest BCUT2D eigenvalue weighted by atomic mass is 32.2. The Morgan fingerprint density at radius 2 is 1.71 bits per heavy atom. The molecule has 0 heterocycles. The molecule has 1 fully saturated rings. The number of hydrogen-bond donors (Lipinski definition) is 0. The first-order valence-electron chi connectivity index (χ1n) is 4.96. The van der Waals surface area contributed by atoms with Crippen molar-refractivity contribution >= 4 is 15.9 Å². The summed E-state index contributed by atoms with van der Waals surface area (Å²) in [7, 11) is -5.66. The third-order valence-electron chi connectivity index (χ3n) is 2.31. The number of rotatable bonds is 2. The van der Waals surface area contributed by atoms with Crippen LogP contribution in [-0.2, 0) is 19.1 Å². The van der Waals surface area contributed by atoms with Gasteiger partial charge in [-0.1, -0.05) is 6.42 Å². The van der Waals surface area contributed by atoms with Crippen molar-refractivity contribution in [1.29, 1.82) is 0 Å². The topological polar surface area (TPSA) is 60.4 Å². The van der Waals surface area contributed by atoms with Gasteiger partial charge in [-0.3, -0.25) is 4.79 Å². The van der Waals surface area contributed by atoms with Gasteiger partial charge in [0.05, 0.1) is 0 Å². The van der Waals surface area contributed by atoms with Crippen LogP contribution in [0.1, 0.15) is 32.1 Å². The molecule has 0 N–H and O–H groups in total. The van der Waals surface area contributed by atoms with Gasteiger partial charge >= 0.3 is 15.6 Å². The molecule has 0 aliphatic heterocycles. The van der Waals surface area contributed by atoms with Gasteiger partial charge in [-0.05, 0) is 19.3 Å². The minimum absolute atomic E-state index is 0.00433. The van der Waals surface area contributed by atoms with Gasteiger partial charge in [0.15, 0.2) is 5.78 Å². The predicted molar refractivity (Wildman–Crippen MR) is 52.2 cm³/mol. The number of ketones is 1. The summed E-state index contributed by atoms with van der Waals surface area (Å²) >= 11 is 0. The van der Waals surface area contributed by atoms with Crippen LogP contribution in [0.15, 0.2) is 11.8 Å². The van der Waals surface area contributed by atoms with E-state index >= 15 is 0 Å². The van der Waals surface area contributed by atoms with Crippen LogP contribution in [0.3, 0.4) is 0 Å². The number of alkyl halides is 3. The maximum absolute atomic E-state index is 11.9. The number of carbonyl (C=O) groups is 1. The number of carbonyl (C=O) groups excluding carboxylic acids is 1. The molecule has 0 spiro atoms. The molecule has 0 radical (unpaired) electrons. The van der Waals surface area contributed by atoms with Gasteiger partial charge < -0.3 is 4.18 Å².